The molecule has 4 fully saturated rings. The van der Waals surface area contributed by atoms with Gasteiger partial charge in [-0.1, -0.05) is 62.3 Å². The van der Waals surface area contributed by atoms with Gasteiger partial charge < -0.3 is 41.1 Å². The molecule has 9 heterocycles. The minimum Gasteiger partial charge on any atom is -0.342 e. The molecule has 2 saturated carbocycles. The smallest absolute Gasteiger partial charge is 0.342 e. The standard InChI is InChI=1S/C26H41N7O2.C17H31N3O2.C13H17N6.C9H12N4O/c1-16(34)12-17-13-18(30-26(5,6)7)8-9-20(17)32-11-10-19(23(32)35)29-24-28-15-27-22-14-21(25(2,3)4)31-33(22)24;1-11(21)9-12-10-13(19-17(2,3)4)5-6-15(12)20-8-7-14(18)16(20)22;1-13(2,3)10-7-11-14-8-15-12(19(11)16-10)18-6-5-17(4)9-18;1-9(2,3)6-4-7-10-5-11-8(14)13(7)12-6/h14-15,17-20,30H,8-13H2,1-7H3,(H,27,28,29);12-15,19H,5-10,18H2,1-4H3;5-9H,1-4H3;4-5H,1-3H3,(H,10,11,14)/q;;+1;/t17-,18-,19+,20+;12-,13-,14+,15+;;/m11../s1. The summed E-state index contributed by atoms with van der Waals surface area (Å²) < 4.78 is 8.63. The normalized spacial score (nSPS) is 22.7. The van der Waals surface area contributed by atoms with Crippen LogP contribution in [0.25, 0.3) is 22.9 Å². The summed E-state index contributed by atoms with van der Waals surface area (Å²) in [5.74, 6) is 2.25. The van der Waals surface area contributed by atoms with Gasteiger partial charge in [0.2, 0.25) is 17.8 Å². The molecule has 0 aromatic carbocycles. The average Bonchev–Trinajstić information content (AvgIpc) is 2.14. The van der Waals surface area contributed by atoms with Crippen LogP contribution in [0.1, 0.15) is 199 Å². The van der Waals surface area contributed by atoms with E-state index in [9.17, 15) is 24.0 Å². The molecule has 0 unspecified atom stereocenters. The Morgan fingerprint density at radius 1 is 0.600 bits per heavy atom. The van der Waals surface area contributed by atoms with Crippen LogP contribution in [0.2, 0.25) is 0 Å². The molecule has 25 heteroatoms. The van der Waals surface area contributed by atoms with E-state index in [0.717, 1.165) is 80.2 Å². The number of imidazole rings is 1. The maximum Gasteiger partial charge on any atom is 0.349 e. The first-order valence-electron chi connectivity index (χ1n) is 32.0. The number of likely N-dealkylation sites (tertiary alicyclic amines) is 2. The minimum absolute atomic E-state index is 0.00761. The van der Waals surface area contributed by atoms with E-state index in [1.54, 1.807) is 29.2 Å². The number of hydrogen-bond acceptors (Lipinski definition) is 17. The van der Waals surface area contributed by atoms with Crippen LogP contribution in [0, 0.1) is 11.8 Å². The summed E-state index contributed by atoms with van der Waals surface area (Å²) in [5.41, 5.74) is 10.4. The Kier molecular flexibility index (Phi) is 20.7. The number of carbonyl (C=O) groups is 4. The van der Waals surface area contributed by atoms with Gasteiger partial charge in [0.15, 0.2) is 16.9 Å². The van der Waals surface area contributed by atoms with E-state index in [1.807, 2.05) is 83.7 Å². The van der Waals surface area contributed by atoms with Crippen molar-refractivity contribution in [2.24, 2.45) is 24.6 Å². The van der Waals surface area contributed by atoms with Crippen molar-refractivity contribution in [2.45, 2.75) is 245 Å². The minimum atomic E-state index is -0.362. The third-order valence-electron chi connectivity index (χ3n) is 17.0. The first-order valence-corrected chi connectivity index (χ1v) is 32.0. The fraction of sp³-hybridized carbons (Fsp3) is 0.662. The fourth-order valence-electron chi connectivity index (χ4n) is 12.7. The fourth-order valence-corrected chi connectivity index (χ4v) is 12.7. The molecule has 6 N–H and O–H groups in total. The Hall–Kier alpha value is -7.38. The van der Waals surface area contributed by atoms with Gasteiger partial charge >= 0.3 is 11.6 Å². The third-order valence-corrected chi connectivity index (χ3v) is 17.0. The number of rotatable bonds is 11. The van der Waals surface area contributed by atoms with Crippen LogP contribution < -0.4 is 31.9 Å². The van der Waals surface area contributed by atoms with Gasteiger partial charge in [-0.3, -0.25) is 14.6 Å². The van der Waals surface area contributed by atoms with Crippen molar-refractivity contribution in [3.63, 3.8) is 0 Å². The van der Waals surface area contributed by atoms with Crippen LogP contribution in [0.3, 0.4) is 0 Å². The molecular weight excluding hydrogens is 1140 g/mol. The van der Waals surface area contributed by atoms with Crippen LogP contribution in [0.4, 0.5) is 5.95 Å². The largest absolute Gasteiger partial charge is 0.349 e. The molecule has 7 aromatic heterocycles. The SMILES string of the molecule is CC(=O)C[C@@H]1C[C@H](NC(C)(C)C)CC[C@@H]1N1CC[C@H](N)C1=O.CC(=O)C[C@@H]1C[C@H](NC(C)(C)C)CC[C@@H]1N1CC[C@H](Nc2ncnc3cc(C(C)(C)C)nn23)C1=O.CC(C)(C)c1cc2nc[nH]c(=O)n2n1.C[n+]1ccn(-c2ncnc3cc(C(C)(C)C)nn23)c1. The lowest BCUT2D eigenvalue weighted by atomic mass is 9.77. The molecule has 7 aromatic rings. The van der Waals surface area contributed by atoms with Gasteiger partial charge in [-0.05, 0) is 119 Å². The van der Waals surface area contributed by atoms with Crippen LogP contribution in [0.5, 0.6) is 0 Å². The van der Waals surface area contributed by atoms with Gasteiger partial charge in [-0.25, -0.2) is 29.3 Å². The topological polar surface area (TPSA) is 295 Å². The summed E-state index contributed by atoms with van der Waals surface area (Å²) in [6.45, 7) is 36.6. The summed E-state index contributed by atoms with van der Waals surface area (Å²) in [4.78, 5) is 88.7. The Morgan fingerprint density at radius 2 is 1.07 bits per heavy atom. The van der Waals surface area contributed by atoms with Crippen molar-refractivity contribution in [1.82, 2.24) is 83.7 Å². The van der Waals surface area contributed by atoms with Crippen molar-refractivity contribution in [1.29, 1.82) is 0 Å². The molecule has 8 atom stereocenters. The highest BCUT2D eigenvalue weighted by molar-refractivity contribution is 5.87. The van der Waals surface area contributed by atoms with Gasteiger partial charge in [0.1, 0.15) is 42.7 Å². The quantitative estimate of drug-likeness (QED) is 0.0859. The molecule has 11 rings (SSSR count). The maximum atomic E-state index is 13.5. The number of nitrogens with one attached hydrogen (secondary N) is 4. The maximum absolute atomic E-state index is 13.5. The van der Waals surface area contributed by atoms with E-state index in [1.165, 1.54) is 17.2 Å². The highest BCUT2D eigenvalue weighted by Gasteiger charge is 2.44. The predicted molar refractivity (Wildman–Crippen MR) is 346 cm³/mol. The van der Waals surface area contributed by atoms with Crippen LogP contribution in [0.15, 0.2) is 60.7 Å². The number of hydrogen-bond donors (Lipinski definition) is 5. The van der Waals surface area contributed by atoms with Gasteiger partial charge in [0.05, 0.1) is 36.5 Å². The number of amides is 2. The number of anilines is 1. The zero-order valence-electron chi connectivity index (χ0n) is 56.6. The summed E-state index contributed by atoms with van der Waals surface area (Å²) in [6, 6.07) is 6.17. The van der Waals surface area contributed by atoms with Crippen molar-refractivity contribution < 1.29 is 23.7 Å². The Morgan fingerprint density at radius 3 is 1.52 bits per heavy atom. The summed E-state index contributed by atoms with van der Waals surface area (Å²) in [7, 11) is 1.97. The van der Waals surface area contributed by atoms with E-state index in [-0.39, 0.29) is 92.4 Å². The number of fused-ring (bicyclic) bond motifs is 3. The second-order valence-corrected chi connectivity index (χ2v) is 30.4. The first-order chi connectivity index (χ1) is 41.9. The Bertz CT molecular complexity index is 3690. The molecule has 0 spiro atoms. The van der Waals surface area contributed by atoms with Crippen molar-refractivity contribution in [2.75, 3.05) is 18.4 Å². The van der Waals surface area contributed by atoms with Crippen LogP contribution >= 0.6 is 0 Å². The van der Waals surface area contributed by atoms with E-state index in [0.29, 0.717) is 55.1 Å². The first kappa shape index (κ1) is 68.5. The zero-order valence-corrected chi connectivity index (χ0v) is 56.6. The second kappa shape index (κ2) is 27.2. The van der Waals surface area contributed by atoms with E-state index >= 15 is 0 Å². The molecule has 490 valence electrons. The molecule has 0 radical (unpaired) electrons. The number of carbonyl (C=O) groups excluding carboxylic acids is 4. The second-order valence-electron chi connectivity index (χ2n) is 30.4. The van der Waals surface area contributed by atoms with Crippen molar-refractivity contribution >= 4 is 46.3 Å². The summed E-state index contributed by atoms with van der Waals surface area (Å²) >= 11 is 0. The van der Waals surface area contributed by atoms with Gasteiger partial charge in [-0.2, -0.15) is 38.4 Å². The van der Waals surface area contributed by atoms with Crippen molar-refractivity contribution in [3.8, 4) is 5.95 Å². The number of H-pyrrole nitrogens is 1. The highest BCUT2D eigenvalue weighted by Crippen LogP contribution is 2.37. The third kappa shape index (κ3) is 17.4. The molecule has 2 saturated heterocycles. The van der Waals surface area contributed by atoms with Crippen molar-refractivity contribution in [3.05, 3.63) is 83.5 Å². The number of Topliss-reactive ketones (excluding diaryl/α,β-unsaturated/α-hetero) is 2. The molecule has 2 amide bonds. The number of ketones is 2. The summed E-state index contributed by atoms with van der Waals surface area (Å²) in [6.07, 6.45) is 18.6. The van der Waals surface area contributed by atoms with E-state index in [2.05, 4.69) is 139 Å². The Balaban J connectivity index is 0.000000164. The lowest BCUT2D eigenvalue weighted by Crippen LogP contribution is -2.53. The molecule has 0 bridgehead atoms. The van der Waals surface area contributed by atoms with E-state index in [4.69, 9.17) is 10.8 Å². The summed E-state index contributed by atoms with van der Waals surface area (Å²) in [5, 5.41) is 24.2. The molecule has 4 aliphatic rings. The van der Waals surface area contributed by atoms with Crippen LogP contribution in [-0.2, 0) is 42.5 Å². The van der Waals surface area contributed by atoms with Gasteiger partial charge in [0, 0.05) is 95.6 Å². The number of aromatic nitrogens is 14. The van der Waals surface area contributed by atoms with Crippen LogP contribution in [-0.4, -0.2) is 157 Å². The molecule has 90 heavy (non-hydrogen) atoms. The number of aryl methyl sites for hydroxylation is 1. The lowest BCUT2D eigenvalue weighted by molar-refractivity contribution is -0.670. The van der Waals surface area contributed by atoms with E-state index < -0.39 is 0 Å². The zero-order chi connectivity index (χ0) is 66.0. The monoisotopic (exact) mass is 1240 g/mol. The highest BCUT2D eigenvalue weighted by atomic mass is 16.2. The Labute approximate surface area is 529 Å². The van der Waals surface area contributed by atoms with Gasteiger partial charge in [0.25, 0.3) is 6.33 Å². The number of aromatic amines is 1. The molecule has 2 aliphatic carbocycles. The molecule has 2 aliphatic heterocycles. The lowest BCUT2D eigenvalue weighted by Gasteiger charge is -2.43. The number of nitrogens with zero attached hydrogens (tertiary/aromatic N) is 15. The predicted octanol–water partition coefficient (Wildman–Crippen LogP) is 6.54. The van der Waals surface area contributed by atoms with Gasteiger partial charge in [-0.15, -0.1) is 0 Å². The molecule has 25 nitrogen and oxygen atoms in total. The average molecular weight is 1240 g/mol. The molecular formula is C65H101N20O5+. The number of nitrogens with two attached hydrogens (primary N) is 1.